The number of amides is 2. The molecular formula is C25H24N2O6. The Morgan fingerprint density at radius 1 is 0.818 bits per heavy atom. The minimum Gasteiger partial charge on any atom is -0.497 e. The lowest BCUT2D eigenvalue weighted by molar-refractivity contribution is 0.173. The van der Waals surface area contributed by atoms with Gasteiger partial charge in [0.2, 0.25) is 13.6 Å². The predicted octanol–water partition coefficient (Wildman–Crippen LogP) is 4.13. The second-order valence-corrected chi connectivity index (χ2v) is 7.81. The van der Waals surface area contributed by atoms with Crippen LogP contribution in [0.25, 0.3) is 0 Å². The summed E-state index contributed by atoms with van der Waals surface area (Å²) in [6, 6.07) is 18.5. The van der Waals surface area contributed by atoms with Crippen LogP contribution in [-0.4, -0.2) is 32.8 Å². The highest BCUT2D eigenvalue weighted by atomic mass is 16.7. The molecule has 3 aromatic carbocycles. The number of methoxy groups -OCH3 is 1. The Morgan fingerprint density at radius 3 is 2.15 bits per heavy atom. The molecule has 2 aliphatic heterocycles. The molecule has 8 heteroatoms. The van der Waals surface area contributed by atoms with E-state index >= 15 is 0 Å². The van der Waals surface area contributed by atoms with Crippen molar-refractivity contribution in [1.82, 2.24) is 5.32 Å². The maximum atomic E-state index is 12.8. The van der Waals surface area contributed by atoms with Crippen molar-refractivity contribution in [2.24, 2.45) is 0 Å². The van der Waals surface area contributed by atoms with Crippen LogP contribution in [0.5, 0.6) is 28.7 Å². The van der Waals surface area contributed by atoms with Crippen molar-refractivity contribution in [3.63, 3.8) is 0 Å². The Kier molecular flexibility index (Phi) is 5.80. The first-order valence-corrected chi connectivity index (χ1v) is 10.6. The average Bonchev–Trinajstić information content (AvgIpc) is 3.48. The normalized spacial score (nSPS) is 14.0. The monoisotopic (exact) mass is 448 g/mol. The van der Waals surface area contributed by atoms with Crippen molar-refractivity contribution < 1.29 is 28.5 Å². The number of anilines is 1. The SMILES string of the molecule is COc1ccc(C[C@@H](Cc2ccc3c(c2)OCO3)NC(=O)Nc2ccc3c(c2)OCO3)cc1. The molecule has 8 nitrogen and oxygen atoms in total. The van der Waals surface area contributed by atoms with Crippen molar-refractivity contribution >= 4 is 11.7 Å². The van der Waals surface area contributed by atoms with Gasteiger partial charge in [-0.05, 0) is 60.4 Å². The summed E-state index contributed by atoms with van der Waals surface area (Å²) in [4.78, 5) is 12.8. The highest BCUT2D eigenvalue weighted by molar-refractivity contribution is 5.90. The van der Waals surface area contributed by atoms with Crippen molar-refractivity contribution in [3.8, 4) is 28.7 Å². The molecule has 0 fully saturated rings. The molecule has 0 saturated heterocycles. The second kappa shape index (κ2) is 9.20. The fourth-order valence-electron chi connectivity index (χ4n) is 3.90. The molecule has 1 atom stereocenters. The first-order valence-electron chi connectivity index (χ1n) is 10.6. The minimum atomic E-state index is -0.298. The van der Waals surface area contributed by atoms with E-state index < -0.39 is 0 Å². The molecule has 33 heavy (non-hydrogen) atoms. The van der Waals surface area contributed by atoms with Gasteiger partial charge in [-0.2, -0.15) is 0 Å². The van der Waals surface area contributed by atoms with Crippen LogP contribution in [-0.2, 0) is 12.8 Å². The summed E-state index contributed by atoms with van der Waals surface area (Å²) in [6.45, 7) is 0.411. The number of ether oxygens (including phenoxy) is 5. The molecule has 2 N–H and O–H groups in total. The Balaban J connectivity index is 1.30. The zero-order valence-corrected chi connectivity index (χ0v) is 18.1. The predicted molar refractivity (Wildman–Crippen MR) is 121 cm³/mol. The molecule has 0 spiro atoms. The van der Waals surface area contributed by atoms with Crippen molar-refractivity contribution in [2.45, 2.75) is 18.9 Å². The third-order valence-electron chi connectivity index (χ3n) is 5.53. The maximum Gasteiger partial charge on any atom is 0.319 e. The first kappa shape index (κ1) is 20.8. The van der Waals surface area contributed by atoms with E-state index in [4.69, 9.17) is 23.7 Å². The lowest BCUT2D eigenvalue weighted by Gasteiger charge is -2.20. The minimum absolute atomic E-state index is 0.159. The lowest BCUT2D eigenvalue weighted by atomic mass is 9.98. The van der Waals surface area contributed by atoms with Gasteiger partial charge >= 0.3 is 6.03 Å². The van der Waals surface area contributed by atoms with Gasteiger partial charge in [0.15, 0.2) is 23.0 Å². The third-order valence-corrected chi connectivity index (χ3v) is 5.53. The standard InChI is InChI=1S/C25H24N2O6/c1-29-20-6-2-16(3-7-20)10-19(11-17-4-8-21-23(12-17)32-14-30-21)27-25(28)26-18-5-9-22-24(13-18)33-15-31-22/h2-9,12-13,19H,10-11,14-15H2,1H3,(H2,26,27,28)/t19-/m0/s1. The molecule has 5 rings (SSSR count). The van der Waals surface area contributed by atoms with Crippen LogP contribution >= 0.6 is 0 Å². The van der Waals surface area contributed by atoms with Gasteiger partial charge in [-0.15, -0.1) is 0 Å². The van der Waals surface area contributed by atoms with Gasteiger partial charge in [-0.25, -0.2) is 4.79 Å². The van der Waals surface area contributed by atoms with Gasteiger partial charge < -0.3 is 34.3 Å². The number of carbonyl (C=O) groups excluding carboxylic acids is 1. The van der Waals surface area contributed by atoms with Gasteiger partial charge in [0.1, 0.15) is 5.75 Å². The fraction of sp³-hybridized carbons (Fsp3) is 0.240. The second-order valence-electron chi connectivity index (χ2n) is 7.81. The molecule has 3 aromatic rings. The first-order chi connectivity index (χ1) is 16.2. The van der Waals surface area contributed by atoms with E-state index in [1.807, 2.05) is 42.5 Å². The highest BCUT2D eigenvalue weighted by Gasteiger charge is 2.19. The van der Waals surface area contributed by atoms with E-state index in [1.165, 1.54) is 0 Å². The van der Waals surface area contributed by atoms with Crippen LogP contribution in [0.3, 0.4) is 0 Å². The molecule has 2 amide bonds. The Bertz CT molecular complexity index is 1150. The van der Waals surface area contributed by atoms with Crippen LogP contribution in [0, 0.1) is 0 Å². The lowest BCUT2D eigenvalue weighted by Crippen LogP contribution is -2.40. The van der Waals surface area contributed by atoms with Crippen molar-refractivity contribution in [3.05, 3.63) is 71.8 Å². The molecule has 0 bridgehead atoms. The van der Waals surface area contributed by atoms with E-state index in [1.54, 1.807) is 25.3 Å². The topological polar surface area (TPSA) is 87.3 Å². The van der Waals surface area contributed by atoms with Crippen LogP contribution in [0.2, 0.25) is 0 Å². The number of nitrogens with one attached hydrogen (secondary N) is 2. The van der Waals surface area contributed by atoms with Gasteiger partial charge in [0, 0.05) is 17.8 Å². The zero-order valence-electron chi connectivity index (χ0n) is 18.1. The number of benzene rings is 3. The molecular weight excluding hydrogens is 424 g/mol. The number of hydrogen-bond donors (Lipinski definition) is 2. The van der Waals surface area contributed by atoms with Gasteiger partial charge in [-0.3, -0.25) is 0 Å². The number of hydrogen-bond acceptors (Lipinski definition) is 6. The highest BCUT2D eigenvalue weighted by Crippen LogP contribution is 2.34. The summed E-state index contributed by atoms with van der Waals surface area (Å²) in [5.41, 5.74) is 2.76. The Hall–Kier alpha value is -4.07. The fourth-order valence-corrected chi connectivity index (χ4v) is 3.90. The Labute approximate surface area is 191 Å². The van der Waals surface area contributed by atoms with Gasteiger partial charge in [-0.1, -0.05) is 18.2 Å². The van der Waals surface area contributed by atoms with E-state index in [0.29, 0.717) is 30.0 Å². The molecule has 0 unspecified atom stereocenters. The number of rotatable bonds is 7. The van der Waals surface area contributed by atoms with Crippen LogP contribution < -0.4 is 34.3 Å². The maximum absolute atomic E-state index is 12.8. The zero-order chi connectivity index (χ0) is 22.6. The van der Waals surface area contributed by atoms with Crippen molar-refractivity contribution in [2.75, 3.05) is 26.0 Å². The smallest absolute Gasteiger partial charge is 0.319 e. The quantitative estimate of drug-likeness (QED) is 0.565. The molecule has 2 aliphatic rings. The number of fused-ring (bicyclic) bond motifs is 2. The van der Waals surface area contributed by atoms with E-state index in [9.17, 15) is 4.79 Å². The van der Waals surface area contributed by atoms with Crippen LogP contribution in [0.15, 0.2) is 60.7 Å². The van der Waals surface area contributed by atoms with E-state index in [2.05, 4.69) is 10.6 Å². The average molecular weight is 448 g/mol. The third kappa shape index (κ3) is 4.90. The van der Waals surface area contributed by atoms with E-state index in [0.717, 1.165) is 28.4 Å². The summed E-state index contributed by atoms with van der Waals surface area (Å²) in [5, 5.41) is 5.98. The molecule has 0 aromatic heterocycles. The van der Waals surface area contributed by atoms with Crippen LogP contribution in [0.1, 0.15) is 11.1 Å². The Morgan fingerprint density at radius 2 is 1.42 bits per heavy atom. The number of carbonyl (C=O) groups is 1. The summed E-state index contributed by atoms with van der Waals surface area (Å²) in [5.74, 6) is 3.53. The molecule has 0 saturated carbocycles. The van der Waals surface area contributed by atoms with Gasteiger partial charge in [0.05, 0.1) is 7.11 Å². The summed E-state index contributed by atoms with van der Waals surface area (Å²) in [7, 11) is 1.64. The van der Waals surface area contributed by atoms with Gasteiger partial charge in [0.25, 0.3) is 0 Å². The molecule has 2 heterocycles. The summed E-state index contributed by atoms with van der Waals surface area (Å²) in [6.07, 6.45) is 1.27. The largest absolute Gasteiger partial charge is 0.497 e. The van der Waals surface area contributed by atoms with Crippen LogP contribution in [0.4, 0.5) is 10.5 Å². The number of urea groups is 1. The van der Waals surface area contributed by atoms with Crippen molar-refractivity contribution in [1.29, 1.82) is 0 Å². The molecule has 170 valence electrons. The van der Waals surface area contributed by atoms with E-state index in [-0.39, 0.29) is 25.7 Å². The molecule has 0 aliphatic carbocycles. The molecule has 0 radical (unpaired) electrons. The summed E-state index contributed by atoms with van der Waals surface area (Å²) >= 11 is 0. The summed E-state index contributed by atoms with van der Waals surface area (Å²) < 4.78 is 26.9.